The van der Waals surface area contributed by atoms with E-state index in [1.165, 1.54) is 11.8 Å². The lowest BCUT2D eigenvalue weighted by Crippen LogP contribution is -2.01. The third-order valence-corrected chi connectivity index (χ3v) is 2.96. The summed E-state index contributed by atoms with van der Waals surface area (Å²) in [7, 11) is 0. The molecule has 0 atom stereocenters. The van der Waals surface area contributed by atoms with Crippen LogP contribution in [0.25, 0.3) is 11.0 Å². The molecular weight excluding hydrogens is 208 g/mol. The minimum atomic E-state index is -0.277. The van der Waals surface area contributed by atoms with E-state index in [2.05, 4.69) is 6.58 Å². The fraction of sp³-hybridized carbons (Fsp3) is 0.0833. The Kier molecular flexibility index (Phi) is 2.92. The molecule has 2 aromatic rings. The van der Waals surface area contributed by atoms with Crippen molar-refractivity contribution < 1.29 is 4.42 Å². The second kappa shape index (κ2) is 4.36. The van der Waals surface area contributed by atoms with Crippen LogP contribution in [0.3, 0.4) is 0 Å². The van der Waals surface area contributed by atoms with Crippen molar-refractivity contribution in [2.45, 2.75) is 4.90 Å². The van der Waals surface area contributed by atoms with Gasteiger partial charge < -0.3 is 4.42 Å². The molecule has 0 bridgehead atoms. The summed E-state index contributed by atoms with van der Waals surface area (Å²) in [6.45, 7) is 3.61. The van der Waals surface area contributed by atoms with Gasteiger partial charge in [-0.1, -0.05) is 24.3 Å². The summed E-state index contributed by atoms with van der Waals surface area (Å²) in [6.07, 6.45) is 1.76. The first-order valence-corrected chi connectivity index (χ1v) is 5.56. The number of hydrogen-bond acceptors (Lipinski definition) is 3. The van der Waals surface area contributed by atoms with Crippen LogP contribution in [0.1, 0.15) is 0 Å². The maximum absolute atomic E-state index is 11.5. The summed E-state index contributed by atoms with van der Waals surface area (Å²) in [5, 5.41) is 0.948. The predicted octanol–water partition coefficient (Wildman–Crippen LogP) is 3.07. The number of benzene rings is 1. The normalized spacial score (nSPS) is 10.4. The molecule has 0 radical (unpaired) electrons. The highest BCUT2D eigenvalue weighted by Gasteiger charge is 2.03. The second-order valence-corrected chi connectivity index (χ2v) is 4.10. The van der Waals surface area contributed by atoms with Crippen LogP contribution in [-0.4, -0.2) is 5.75 Å². The Morgan fingerprint density at radius 2 is 2.20 bits per heavy atom. The molecule has 0 saturated heterocycles. The van der Waals surface area contributed by atoms with Crippen molar-refractivity contribution in [3.8, 4) is 0 Å². The van der Waals surface area contributed by atoms with Crippen molar-refractivity contribution in [1.82, 2.24) is 0 Å². The Balaban J connectivity index is 2.52. The number of fused-ring (bicyclic) bond motifs is 1. The molecule has 2 rings (SSSR count). The quantitative estimate of drug-likeness (QED) is 0.450. The van der Waals surface area contributed by atoms with Gasteiger partial charge in [0.2, 0.25) is 0 Å². The first-order valence-electron chi connectivity index (χ1n) is 4.58. The minimum Gasteiger partial charge on any atom is -0.422 e. The lowest BCUT2D eigenvalue weighted by Gasteiger charge is -1.99. The molecule has 0 aliphatic heterocycles. The Labute approximate surface area is 91.6 Å². The van der Waals surface area contributed by atoms with E-state index in [9.17, 15) is 4.79 Å². The molecule has 76 valence electrons. The van der Waals surface area contributed by atoms with Gasteiger partial charge >= 0.3 is 5.63 Å². The zero-order chi connectivity index (χ0) is 10.7. The van der Waals surface area contributed by atoms with Crippen molar-refractivity contribution >= 4 is 22.7 Å². The summed E-state index contributed by atoms with van der Waals surface area (Å²) < 4.78 is 5.18. The highest BCUT2D eigenvalue weighted by atomic mass is 32.2. The summed E-state index contributed by atoms with van der Waals surface area (Å²) in [6, 6.07) is 9.34. The number of para-hydroxylation sites is 1. The van der Waals surface area contributed by atoms with E-state index in [1.54, 1.807) is 12.1 Å². The molecule has 1 aromatic carbocycles. The monoisotopic (exact) mass is 218 g/mol. The summed E-state index contributed by atoms with van der Waals surface area (Å²) >= 11 is 1.44. The molecule has 15 heavy (non-hydrogen) atoms. The van der Waals surface area contributed by atoms with Crippen LogP contribution in [-0.2, 0) is 0 Å². The minimum absolute atomic E-state index is 0.277. The van der Waals surface area contributed by atoms with E-state index in [0.717, 1.165) is 5.39 Å². The molecule has 0 fully saturated rings. The fourth-order valence-corrected chi connectivity index (χ4v) is 1.96. The summed E-state index contributed by atoms with van der Waals surface area (Å²) in [5.74, 6) is 0.711. The van der Waals surface area contributed by atoms with Gasteiger partial charge in [0.1, 0.15) is 5.58 Å². The topological polar surface area (TPSA) is 30.2 Å². The Morgan fingerprint density at radius 1 is 1.40 bits per heavy atom. The maximum atomic E-state index is 11.5. The zero-order valence-electron chi connectivity index (χ0n) is 8.10. The van der Waals surface area contributed by atoms with Crippen LogP contribution in [0, 0.1) is 0 Å². The molecule has 0 N–H and O–H groups in total. The van der Waals surface area contributed by atoms with Crippen LogP contribution in [0.4, 0.5) is 0 Å². The van der Waals surface area contributed by atoms with Crippen molar-refractivity contribution in [3.05, 3.63) is 53.4 Å². The third-order valence-electron chi connectivity index (χ3n) is 1.97. The van der Waals surface area contributed by atoms with Crippen LogP contribution >= 0.6 is 11.8 Å². The van der Waals surface area contributed by atoms with Gasteiger partial charge in [0, 0.05) is 11.1 Å². The highest BCUT2D eigenvalue weighted by Crippen LogP contribution is 2.19. The SMILES string of the molecule is C=CCSc1cc2ccccc2oc1=O. The van der Waals surface area contributed by atoms with Crippen molar-refractivity contribution in [3.63, 3.8) is 0 Å². The molecule has 3 heteroatoms. The lowest BCUT2D eigenvalue weighted by molar-refractivity contribution is 0.544. The van der Waals surface area contributed by atoms with Gasteiger partial charge in [-0.05, 0) is 12.1 Å². The first-order chi connectivity index (χ1) is 7.31. The Bertz CT molecular complexity index is 543. The molecule has 2 nitrogen and oxygen atoms in total. The van der Waals surface area contributed by atoms with Gasteiger partial charge in [0.15, 0.2) is 0 Å². The van der Waals surface area contributed by atoms with Gasteiger partial charge in [-0.3, -0.25) is 0 Å². The largest absolute Gasteiger partial charge is 0.422 e. The average molecular weight is 218 g/mol. The third kappa shape index (κ3) is 2.13. The van der Waals surface area contributed by atoms with E-state index in [1.807, 2.05) is 24.3 Å². The smallest absolute Gasteiger partial charge is 0.350 e. The van der Waals surface area contributed by atoms with E-state index >= 15 is 0 Å². The molecule has 0 aliphatic rings. The van der Waals surface area contributed by atoms with Crippen LogP contribution in [0.15, 0.2) is 57.1 Å². The maximum Gasteiger partial charge on any atom is 0.350 e. The highest BCUT2D eigenvalue weighted by molar-refractivity contribution is 7.99. The molecule has 0 aliphatic carbocycles. The molecule has 0 saturated carbocycles. The fourth-order valence-electron chi connectivity index (χ4n) is 1.29. The van der Waals surface area contributed by atoms with Crippen molar-refractivity contribution in [1.29, 1.82) is 0 Å². The number of hydrogen-bond donors (Lipinski definition) is 0. The van der Waals surface area contributed by atoms with Gasteiger partial charge in [-0.2, -0.15) is 0 Å². The second-order valence-electron chi connectivity index (χ2n) is 3.04. The van der Waals surface area contributed by atoms with Gasteiger partial charge in [0.05, 0.1) is 4.90 Å². The van der Waals surface area contributed by atoms with E-state index in [4.69, 9.17) is 4.42 Å². The number of rotatable bonds is 3. The van der Waals surface area contributed by atoms with E-state index < -0.39 is 0 Å². The van der Waals surface area contributed by atoms with E-state index in [0.29, 0.717) is 16.2 Å². The Hall–Kier alpha value is -1.48. The van der Waals surface area contributed by atoms with Crippen LogP contribution in [0.5, 0.6) is 0 Å². The molecular formula is C12H10O2S. The summed E-state index contributed by atoms with van der Waals surface area (Å²) in [4.78, 5) is 12.2. The van der Waals surface area contributed by atoms with Gasteiger partial charge in [-0.15, -0.1) is 18.3 Å². The molecule has 0 unspecified atom stereocenters. The molecule has 0 amide bonds. The lowest BCUT2D eigenvalue weighted by atomic mass is 10.2. The van der Waals surface area contributed by atoms with Gasteiger partial charge in [-0.25, -0.2) is 4.79 Å². The molecule has 1 aromatic heterocycles. The number of thioether (sulfide) groups is 1. The molecule has 1 heterocycles. The van der Waals surface area contributed by atoms with Crippen molar-refractivity contribution in [2.75, 3.05) is 5.75 Å². The molecule has 0 spiro atoms. The average Bonchev–Trinajstić information content (AvgIpc) is 2.26. The zero-order valence-corrected chi connectivity index (χ0v) is 8.92. The first kappa shape index (κ1) is 10.1. The van der Waals surface area contributed by atoms with E-state index in [-0.39, 0.29) is 5.63 Å². The van der Waals surface area contributed by atoms with Gasteiger partial charge in [0.25, 0.3) is 0 Å². The van der Waals surface area contributed by atoms with Crippen LogP contribution < -0.4 is 5.63 Å². The summed E-state index contributed by atoms with van der Waals surface area (Å²) in [5.41, 5.74) is 0.353. The van der Waals surface area contributed by atoms with Crippen LogP contribution in [0.2, 0.25) is 0 Å². The van der Waals surface area contributed by atoms with Crippen molar-refractivity contribution in [2.24, 2.45) is 0 Å². The standard InChI is InChI=1S/C12H10O2S/c1-2-7-15-11-8-9-5-3-4-6-10(9)14-12(11)13/h2-6,8H,1,7H2. The Morgan fingerprint density at radius 3 is 3.00 bits per heavy atom. The predicted molar refractivity (Wildman–Crippen MR) is 63.4 cm³/mol.